The van der Waals surface area contributed by atoms with Crippen molar-refractivity contribution in [1.82, 2.24) is 29.9 Å². The van der Waals surface area contributed by atoms with Gasteiger partial charge in [-0.2, -0.15) is 20.5 Å². The minimum absolute atomic E-state index is 0.00963. The third-order valence-corrected chi connectivity index (χ3v) is 3.96. The lowest BCUT2D eigenvalue weighted by Crippen LogP contribution is -1.99. The minimum Gasteiger partial charge on any atom is -0.370 e. The highest BCUT2D eigenvalue weighted by atomic mass is 15.0. The van der Waals surface area contributed by atoms with Gasteiger partial charge < -0.3 is 19.4 Å². The minimum atomic E-state index is -0.327. The van der Waals surface area contributed by atoms with Gasteiger partial charge in [-0.25, -0.2) is 0 Å². The molecule has 132 valence electrons. The molecule has 4 rings (SSSR count). The van der Waals surface area contributed by atoms with Crippen molar-refractivity contribution in [3.05, 3.63) is 57.3 Å². The van der Waals surface area contributed by atoms with E-state index in [1.165, 1.54) is 0 Å². The van der Waals surface area contributed by atoms with Crippen molar-refractivity contribution in [2.75, 3.05) is 0 Å². The Kier molecular flexibility index (Phi) is 3.76. The van der Waals surface area contributed by atoms with Gasteiger partial charge in [0.05, 0.1) is 21.8 Å². The van der Waals surface area contributed by atoms with E-state index >= 15 is 0 Å². The summed E-state index contributed by atoms with van der Waals surface area (Å²) in [5.74, 6) is -1.76. The van der Waals surface area contributed by atoms with Crippen molar-refractivity contribution in [3.8, 4) is 12.1 Å². The van der Waals surface area contributed by atoms with Crippen LogP contribution < -0.4 is 0 Å². The summed E-state index contributed by atoms with van der Waals surface area (Å²) in [4.78, 5) is 37.3. The molecule has 0 radical (unpaired) electrons. The molecular weight excluding hydrogens is 384 g/mol. The summed E-state index contributed by atoms with van der Waals surface area (Å²) in [6.07, 6.45) is 0. The Morgan fingerprint density at radius 2 is 0.833 bits per heavy atom. The summed E-state index contributed by atoms with van der Waals surface area (Å²) in [5.41, 5.74) is -0.0477. The molecule has 0 amide bonds. The van der Waals surface area contributed by atoms with E-state index < -0.39 is 0 Å². The number of benzene rings is 1. The topological polar surface area (TPSA) is 142 Å². The molecule has 0 spiro atoms. The van der Waals surface area contributed by atoms with E-state index in [2.05, 4.69) is 49.3 Å². The molecule has 0 unspecified atom stereocenters. The Balaban J connectivity index is 2.50. The van der Waals surface area contributed by atoms with Gasteiger partial charge in [0.25, 0.3) is 23.3 Å². The SMILES string of the molecule is [C-]#[N+]c1nc2c(nc1[N+]#[C-])c1c([N+]#[C-])nc(C#N)nc1c1nc(C#N)nc([N+]#[C-])c12. The predicted molar refractivity (Wildman–Crippen MR) is 100 cm³/mol. The maximum atomic E-state index is 9.24. The summed E-state index contributed by atoms with van der Waals surface area (Å²) < 4.78 is 0. The lowest BCUT2D eigenvalue weighted by Gasteiger charge is -2.07. The molecule has 0 saturated carbocycles. The average Bonchev–Trinajstić information content (AvgIpc) is 2.81. The molecule has 1 aromatic carbocycles. The number of hydrogen-bond acceptors (Lipinski definition) is 8. The second kappa shape index (κ2) is 6.41. The quantitative estimate of drug-likeness (QED) is 0.331. The molecule has 0 aliphatic heterocycles. The van der Waals surface area contributed by atoms with Crippen molar-refractivity contribution in [2.24, 2.45) is 0 Å². The summed E-state index contributed by atoms with van der Waals surface area (Å²) in [6.45, 7) is 29.4. The van der Waals surface area contributed by atoms with Crippen LogP contribution in [0, 0.1) is 49.0 Å². The third kappa shape index (κ3) is 2.27. The maximum Gasteiger partial charge on any atom is 0.326 e. The van der Waals surface area contributed by atoms with E-state index in [-0.39, 0.29) is 67.8 Å². The highest BCUT2D eigenvalue weighted by Gasteiger charge is 2.28. The number of aromatic nitrogens is 6. The van der Waals surface area contributed by atoms with Crippen LogP contribution in [0.1, 0.15) is 11.6 Å². The van der Waals surface area contributed by atoms with Crippen LogP contribution in [0.3, 0.4) is 0 Å². The van der Waals surface area contributed by atoms with Gasteiger partial charge in [-0.05, 0) is 0 Å². The highest BCUT2D eigenvalue weighted by Crippen LogP contribution is 2.41. The van der Waals surface area contributed by atoms with Gasteiger partial charge in [-0.15, -0.1) is 9.97 Å². The first-order chi connectivity index (χ1) is 14.6. The molecule has 0 aliphatic carbocycles. The largest absolute Gasteiger partial charge is 0.370 e. The number of nitrogens with zero attached hydrogens (tertiary/aromatic N) is 12. The molecule has 12 nitrogen and oxygen atoms in total. The molecule has 3 aromatic heterocycles. The number of hydrogen-bond donors (Lipinski definition) is 0. The Labute approximate surface area is 166 Å². The first-order valence-corrected chi connectivity index (χ1v) is 7.67. The second-order valence-corrected chi connectivity index (χ2v) is 5.43. The Bertz CT molecular complexity index is 1560. The first-order valence-electron chi connectivity index (χ1n) is 7.67. The maximum absolute atomic E-state index is 9.24. The summed E-state index contributed by atoms with van der Waals surface area (Å²) in [6, 6.07) is 3.49. The van der Waals surface area contributed by atoms with E-state index in [9.17, 15) is 10.5 Å². The Morgan fingerprint density at radius 3 is 1.13 bits per heavy atom. The fourth-order valence-electron chi connectivity index (χ4n) is 2.85. The fourth-order valence-corrected chi connectivity index (χ4v) is 2.85. The van der Waals surface area contributed by atoms with Crippen molar-refractivity contribution in [2.45, 2.75) is 0 Å². The number of fused-ring (bicyclic) bond motifs is 6. The molecule has 30 heavy (non-hydrogen) atoms. The van der Waals surface area contributed by atoms with E-state index in [0.717, 1.165) is 0 Å². The van der Waals surface area contributed by atoms with Crippen molar-refractivity contribution >= 4 is 56.1 Å². The molecule has 12 heteroatoms. The zero-order valence-corrected chi connectivity index (χ0v) is 14.4. The molecule has 0 atom stereocenters. The molecule has 0 N–H and O–H groups in total. The van der Waals surface area contributed by atoms with Gasteiger partial charge in [-0.1, -0.05) is 36.3 Å². The zero-order valence-electron chi connectivity index (χ0n) is 14.4. The molecule has 0 fully saturated rings. The summed E-state index contributed by atoms with van der Waals surface area (Å²) in [7, 11) is 0. The molecule has 0 bridgehead atoms. The zero-order chi connectivity index (χ0) is 21.4. The molecular formula is C18N12. The van der Waals surface area contributed by atoms with Crippen LogP contribution >= 0.6 is 0 Å². The van der Waals surface area contributed by atoms with Crippen LogP contribution in [0.4, 0.5) is 23.3 Å². The monoisotopic (exact) mass is 384 g/mol. The molecule has 0 saturated heterocycles. The van der Waals surface area contributed by atoms with Crippen LogP contribution in [0.2, 0.25) is 0 Å². The van der Waals surface area contributed by atoms with Crippen LogP contribution in [0.5, 0.6) is 0 Å². The highest BCUT2D eigenvalue weighted by molar-refractivity contribution is 6.26. The second-order valence-electron chi connectivity index (χ2n) is 5.43. The van der Waals surface area contributed by atoms with E-state index in [0.29, 0.717) is 0 Å². The van der Waals surface area contributed by atoms with Crippen LogP contribution in [-0.2, 0) is 0 Å². The van der Waals surface area contributed by atoms with Gasteiger partial charge in [-0.3, -0.25) is 0 Å². The summed E-state index contributed by atoms with van der Waals surface area (Å²) in [5, 5.41) is 18.6. The van der Waals surface area contributed by atoms with Gasteiger partial charge in [0.2, 0.25) is 11.0 Å². The van der Waals surface area contributed by atoms with Gasteiger partial charge in [0.15, 0.2) is 12.1 Å². The lowest BCUT2D eigenvalue weighted by molar-refractivity contribution is 1.15. The average molecular weight is 384 g/mol. The Morgan fingerprint density at radius 1 is 0.500 bits per heavy atom. The van der Waals surface area contributed by atoms with Gasteiger partial charge in [0.1, 0.15) is 0 Å². The summed E-state index contributed by atoms with van der Waals surface area (Å²) >= 11 is 0. The standard InChI is InChI=1S/C18N12/c1-21-15-9-11(25-7(5-19)27-15)12-10(16(22-2)28-8(6-20)26-12)14-13(9)29-17(23-3)18(24-4)30-14. The van der Waals surface area contributed by atoms with E-state index in [4.69, 9.17) is 26.3 Å². The smallest absolute Gasteiger partial charge is 0.326 e. The lowest BCUT2D eigenvalue weighted by atomic mass is 10.1. The van der Waals surface area contributed by atoms with Crippen LogP contribution in [-0.4, -0.2) is 29.9 Å². The van der Waals surface area contributed by atoms with Crippen molar-refractivity contribution in [3.63, 3.8) is 0 Å². The number of nitriles is 2. The first kappa shape index (κ1) is 17.6. The normalized spacial score (nSPS) is 9.80. The number of rotatable bonds is 0. The fraction of sp³-hybridized carbons (Fsp3) is 0. The predicted octanol–water partition coefficient (Wildman–Crippen LogP) is 3.46. The molecule has 3 heterocycles. The van der Waals surface area contributed by atoms with Gasteiger partial charge in [0, 0.05) is 0 Å². The van der Waals surface area contributed by atoms with Crippen molar-refractivity contribution in [1.29, 1.82) is 10.5 Å². The Hall–Kier alpha value is -5.82. The van der Waals surface area contributed by atoms with Crippen LogP contribution in [0.25, 0.3) is 52.2 Å². The molecule has 0 aliphatic rings. The molecule has 4 aromatic rings. The van der Waals surface area contributed by atoms with E-state index in [1.807, 2.05) is 0 Å². The van der Waals surface area contributed by atoms with Crippen molar-refractivity contribution < 1.29 is 0 Å². The van der Waals surface area contributed by atoms with Crippen LogP contribution in [0.15, 0.2) is 0 Å². The van der Waals surface area contributed by atoms with Gasteiger partial charge >= 0.3 is 11.6 Å². The van der Waals surface area contributed by atoms with E-state index in [1.54, 1.807) is 12.1 Å². The third-order valence-electron chi connectivity index (χ3n) is 3.96.